The van der Waals surface area contributed by atoms with Gasteiger partial charge in [0, 0.05) is 33.6 Å². The van der Waals surface area contributed by atoms with Crippen molar-refractivity contribution in [1.82, 2.24) is 0 Å². The van der Waals surface area contributed by atoms with Crippen LogP contribution in [0.25, 0.3) is 66.4 Å². The Morgan fingerprint density at radius 2 is 0.667 bits per heavy atom. The lowest BCUT2D eigenvalue weighted by molar-refractivity contribution is 0.661. The number of fused-ring (bicyclic) bond motifs is 4. The van der Waals surface area contributed by atoms with Gasteiger partial charge in [0.2, 0.25) is 0 Å². The summed E-state index contributed by atoms with van der Waals surface area (Å²) in [5.74, 6) is 0. The van der Waals surface area contributed by atoms with Gasteiger partial charge in [-0.2, -0.15) is 0 Å². The van der Waals surface area contributed by atoms with Crippen molar-refractivity contribution >= 4 is 44.9 Å². The normalized spacial score (nSPS) is 12.3. The molecule has 0 N–H and O–H groups in total. The summed E-state index contributed by atoms with van der Waals surface area (Å²) >= 11 is 0. The molecule has 0 radical (unpaired) electrons. The highest BCUT2D eigenvalue weighted by atomic mass is 15.2. The van der Waals surface area contributed by atoms with E-state index in [-0.39, 0.29) is 5.41 Å². The monoisotopic (exact) mass is 882 g/mol. The third-order valence-corrected chi connectivity index (χ3v) is 14.0. The van der Waals surface area contributed by atoms with Crippen LogP contribution in [0.2, 0.25) is 0 Å². The van der Waals surface area contributed by atoms with Crippen molar-refractivity contribution in [2.75, 3.05) is 9.80 Å². The van der Waals surface area contributed by atoms with E-state index in [1.807, 2.05) is 0 Å². The van der Waals surface area contributed by atoms with Gasteiger partial charge in [-0.1, -0.05) is 214 Å². The Morgan fingerprint density at radius 1 is 0.275 bits per heavy atom. The molecule has 2 heteroatoms. The van der Waals surface area contributed by atoms with Gasteiger partial charge in [0.15, 0.2) is 0 Å². The Morgan fingerprint density at radius 3 is 1.17 bits per heavy atom. The molecule has 12 rings (SSSR count). The van der Waals surface area contributed by atoms with Crippen LogP contribution >= 0.6 is 0 Å². The molecule has 69 heavy (non-hydrogen) atoms. The molecule has 0 heterocycles. The van der Waals surface area contributed by atoms with Crippen molar-refractivity contribution in [1.29, 1.82) is 0 Å². The first-order valence-electron chi connectivity index (χ1n) is 23.9. The van der Waals surface area contributed by atoms with Gasteiger partial charge in [-0.25, -0.2) is 0 Å². The highest BCUT2D eigenvalue weighted by molar-refractivity contribution is 6.03. The minimum atomic E-state index is -0.211. The number of hydrogen-bond donors (Lipinski definition) is 0. The molecule has 0 saturated heterocycles. The molecule has 1 aliphatic rings. The van der Waals surface area contributed by atoms with Gasteiger partial charge < -0.3 is 9.80 Å². The molecule has 0 saturated carbocycles. The third kappa shape index (κ3) is 7.67. The van der Waals surface area contributed by atoms with Crippen LogP contribution in [-0.4, -0.2) is 0 Å². The van der Waals surface area contributed by atoms with Crippen LogP contribution in [0.15, 0.2) is 267 Å². The zero-order valence-corrected chi connectivity index (χ0v) is 38.8. The van der Waals surface area contributed by atoms with Crippen molar-refractivity contribution in [3.05, 3.63) is 278 Å². The lowest BCUT2D eigenvalue weighted by Gasteiger charge is -2.33. The lowest BCUT2D eigenvalue weighted by Crippen LogP contribution is -2.20. The molecule has 11 aromatic carbocycles. The van der Waals surface area contributed by atoms with Gasteiger partial charge >= 0.3 is 0 Å². The molecule has 2 nitrogen and oxygen atoms in total. The Kier molecular flexibility index (Phi) is 10.6. The topological polar surface area (TPSA) is 6.48 Å². The van der Waals surface area contributed by atoms with Crippen molar-refractivity contribution in [2.45, 2.75) is 19.3 Å². The summed E-state index contributed by atoms with van der Waals surface area (Å²) in [6.07, 6.45) is 0. The second kappa shape index (κ2) is 17.5. The number of benzene rings is 11. The van der Waals surface area contributed by atoms with Gasteiger partial charge in [-0.15, -0.1) is 0 Å². The highest BCUT2D eigenvalue weighted by Crippen LogP contribution is 2.55. The van der Waals surface area contributed by atoms with Crippen molar-refractivity contribution in [2.24, 2.45) is 0 Å². The van der Waals surface area contributed by atoms with E-state index in [4.69, 9.17) is 0 Å². The minimum Gasteiger partial charge on any atom is -0.311 e. The van der Waals surface area contributed by atoms with Gasteiger partial charge in [0.1, 0.15) is 0 Å². The highest BCUT2D eigenvalue weighted by Gasteiger charge is 2.39. The van der Waals surface area contributed by atoms with Gasteiger partial charge in [-0.05, 0) is 139 Å². The Balaban J connectivity index is 0.943. The molecule has 0 bridgehead atoms. The maximum atomic E-state index is 2.51. The average molecular weight is 883 g/mol. The number of hydrogen-bond acceptors (Lipinski definition) is 2. The second-order valence-corrected chi connectivity index (χ2v) is 18.5. The zero-order chi connectivity index (χ0) is 46.3. The summed E-state index contributed by atoms with van der Waals surface area (Å²) < 4.78 is 0. The van der Waals surface area contributed by atoms with E-state index in [0.29, 0.717) is 0 Å². The van der Waals surface area contributed by atoms with Crippen LogP contribution in [0.3, 0.4) is 0 Å². The van der Waals surface area contributed by atoms with Crippen molar-refractivity contribution < 1.29 is 0 Å². The molecule has 0 atom stereocenters. The fourth-order valence-electron chi connectivity index (χ4n) is 10.6. The predicted molar refractivity (Wildman–Crippen MR) is 293 cm³/mol. The van der Waals surface area contributed by atoms with E-state index in [0.717, 1.165) is 39.6 Å². The quantitative estimate of drug-likeness (QED) is 0.135. The van der Waals surface area contributed by atoms with Crippen LogP contribution in [0.5, 0.6) is 0 Å². The van der Waals surface area contributed by atoms with Crippen LogP contribution in [0.1, 0.15) is 25.0 Å². The molecule has 11 aromatic rings. The molecule has 0 unspecified atom stereocenters. The molecule has 1 aliphatic carbocycles. The first kappa shape index (κ1) is 41.7. The molecule has 0 fully saturated rings. The lowest BCUT2D eigenvalue weighted by atomic mass is 9.81. The van der Waals surface area contributed by atoms with E-state index in [2.05, 4.69) is 291 Å². The van der Waals surface area contributed by atoms with E-state index in [9.17, 15) is 0 Å². The van der Waals surface area contributed by atoms with Gasteiger partial charge in [0.25, 0.3) is 0 Å². The predicted octanol–water partition coefficient (Wildman–Crippen LogP) is 18.8. The number of anilines is 6. The molecular formula is C67H50N2. The maximum Gasteiger partial charge on any atom is 0.0546 e. The minimum absolute atomic E-state index is 0.211. The maximum absolute atomic E-state index is 2.51. The fourth-order valence-corrected chi connectivity index (χ4v) is 10.6. The van der Waals surface area contributed by atoms with Crippen LogP contribution in [0.4, 0.5) is 34.1 Å². The second-order valence-electron chi connectivity index (χ2n) is 18.5. The van der Waals surface area contributed by atoms with E-state index < -0.39 is 0 Å². The van der Waals surface area contributed by atoms with Gasteiger partial charge in [0.05, 0.1) is 11.4 Å². The molecular weight excluding hydrogens is 833 g/mol. The molecule has 0 spiro atoms. The summed E-state index contributed by atoms with van der Waals surface area (Å²) in [5, 5.41) is 2.41. The molecule has 0 aliphatic heterocycles. The van der Waals surface area contributed by atoms with Crippen LogP contribution < -0.4 is 9.80 Å². The zero-order valence-electron chi connectivity index (χ0n) is 38.8. The summed E-state index contributed by atoms with van der Waals surface area (Å²) in [6, 6.07) is 97.2. The first-order valence-corrected chi connectivity index (χ1v) is 23.9. The van der Waals surface area contributed by atoms with Crippen LogP contribution in [-0.2, 0) is 5.41 Å². The Bertz CT molecular complexity index is 3500. The van der Waals surface area contributed by atoms with E-state index in [1.165, 1.54) is 72.1 Å². The SMILES string of the molecule is CC1(C)c2ccccc2-c2cccc(N(c3ccc(-c4ccc(N(c5ccc(-c6ccccc6)cc5)c5ccc(-c6ccccc6)cc5)cc4)cc3)c3cc(-c4ccccc4)cc4ccccc34)c21. The molecule has 0 amide bonds. The Labute approximate surface area is 405 Å². The standard InChI is InChI=1S/C67H50N2/c1-67(2)63-27-15-14-25-61(63)62-26-16-28-64(66(62)67)69(65-46-55(49-21-10-5-11-22-49)45-54-23-12-13-24-60(54)65)59-43-35-53(36-44-59)52-33-41-58(42-34-52)68(56-37-29-50(30-38-56)47-17-6-3-7-18-47)57-39-31-51(32-40-57)48-19-8-4-9-20-48/h3-46H,1-2H3. The van der Waals surface area contributed by atoms with E-state index >= 15 is 0 Å². The molecule has 328 valence electrons. The number of rotatable bonds is 10. The first-order chi connectivity index (χ1) is 34.0. The largest absolute Gasteiger partial charge is 0.311 e. The summed E-state index contributed by atoms with van der Waals surface area (Å²) in [4.78, 5) is 4.86. The van der Waals surface area contributed by atoms with Crippen LogP contribution in [0, 0.1) is 0 Å². The van der Waals surface area contributed by atoms with Gasteiger partial charge in [-0.3, -0.25) is 0 Å². The van der Waals surface area contributed by atoms with Crippen molar-refractivity contribution in [3.63, 3.8) is 0 Å². The Hall–Kier alpha value is -8.72. The number of nitrogens with zero attached hydrogens (tertiary/aromatic N) is 2. The molecule has 0 aromatic heterocycles. The van der Waals surface area contributed by atoms with Crippen molar-refractivity contribution in [3.8, 4) is 55.6 Å². The fraction of sp³-hybridized carbons (Fsp3) is 0.0448. The smallest absolute Gasteiger partial charge is 0.0546 e. The average Bonchev–Trinajstić information content (AvgIpc) is 3.66. The summed E-state index contributed by atoms with van der Waals surface area (Å²) in [5.41, 5.74) is 21.3. The van der Waals surface area contributed by atoms with E-state index in [1.54, 1.807) is 0 Å². The summed E-state index contributed by atoms with van der Waals surface area (Å²) in [6.45, 7) is 4.76. The summed E-state index contributed by atoms with van der Waals surface area (Å²) in [7, 11) is 0. The third-order valence-electron chi connectivity index (χ3n) is 14.0.